The zero-order valence-corrected chi connectivity index (χ0v) is 27.3. The Morgan fingerprint density at radius 3 is 2.11 bits per heavy atom. The van der Waals surface area contributed by atoms with Gasteiger partial charge in [0.05, 0.1) is 18.3 Å². The van der Waals surface area contributed by atoms with Crippen molar-refractivity contribution in [3.63, 3.8) is 0 Å². The number of nitrogens with one attached hydrogen (secondary N) is 2. The average Bonchev–Trinajstić information content (AvgIpc) is 2.99. The van der Waals surface area contributed by atoms with Crippen LogP contribution in [-0.4, -0.2) is 43.7 Å². The molecular weight excluding hydrogens is 576 g/mol. The molecule has 0 spiro atoms. The van der Waals surface area contributed by atoms with E-state index in [4.69, 9.17) is 9.29 Å². The van der Waals surface area contributed by atoms with E-state index in [0.717, 1.165) is 36.4 Å². The van der Waals surface area contributed by atoms with Gasteiger partial charge in [-0.3, -0.25) is 14.1 Å². The number of carbonyl (C=O) groups excluding carboxylic acids is 2. The van der Waals surface area contributed by atoms with Crippen LogP contribution < -0.4 is 15.4 Å². The lowest BCUT2D eigenvalue weighted by Crippen LogP contribution is -2.36. The number of rotatable bonds is 12. The third-order valence-corrected chi connectivity index (χ3v) is 9.99. The van der Waals surface area contributed by atoms with Crippen molar-refractivity contribution in [2.75, 3.05) is 24.2 Å². The van der Waals surface area contributed by atoms with Gasteiger partial charge in [-0.1, -0.05) is 64.3 Å². The van der Waals surface area contributed by atoms with Gasteiger partial charge >= 0.3 is 0 Å². The molecule has 2 amide bonds. The summed E-state index contributed by atoms with van der Waals surface area (Å²) in [5.41, 5.74) is 2.94. The molecule has 2 aliphatic rings. The second-order valence-electron chi connectivity index (χ2n) is 13.8. The van der Waals surface area contributed by atoms with E-state index in [1.165, 1.54) is 37.7 Å². The number of ether oxygens (including phenoxy) is 1. The van der Waals surface area contributed by atoms with Gasteiger partial charge in [0.1, 0.15) is 5.75 Å². The molecule has 0 heterocycles. The van der Waals surface area contributed by atoms with Crippen molar-refractivity contribution < 1.29 is 27.3 Å². The first-order valence-corrected chi connectivity index (χ1v) is 17.9. The SMILES string of the molecule is CC(C)(C)c1ccc(C(CC2CCC(C(=O)NCCS(=O)(=O)O)CC2)C(=O)Nc2ccc(OCC3CCCCC3)cc2)cc1. The monoisotopic (exact) mass is 626 g/mol. The van der Waals surface area contributed by atoms with Crippen molar-refractivity contribution in [2.45, 2.75) is 96.3 Å². The standard InChI is InChI=1S/C35H50N2O6S/c1-35(2,3)29-15-13-27(14-16-29)32(23-25-9-11-28(12-10-25)33(38)36-21-22-44(40,41)42)34(39)37-30-17-19-31(20-18-30)43-24-26-7-5-4-6-8-26/h13-20,25-26,28,32H,4-12,21-24H2,1-3H3,(H,36,38)(H,37,39)(H,40,41,42). The highest BCUT2D eigenvalue weighted by Gasteiger charge is 2.31. The van der Waals surface area contributed by atoms with E-state index in [1.807, 2.05) is 24.3 Å². The van der Waals surface area contributed by atoms with Crippen molar-refractivity contribution in [3.05, 3.63) is 59.7 Å². The number of anilines is 1. The zero-order chi connectivity index (χ0) is 31.7. The third kappa shape index (κ3) is 10.6. The van der Waals surface area contributed by atoms with E-state index in [1.54, 1.807) is 0 Å². The molecule has 2 aromatic rings. The van der Waals surface area contributed by atoms with Gasteiger partial charge in [0.25, 0.3) is 10.1 Å². The number of carbonyl (C=O) groups is 2. The fourth-order valence-electron chi connectivity index (χ4n) is 6.48. The van der Waals surface area contributed by atoms with Crippen LogP contribution in [0.2, 0.25) is 0 Å². The summed E-state index contributed by atoms with van der Waals surface area (Å²) in [4.78, 5) is 26.3. The molecule has 0 aliphatic heterocycles. The molecule has 1 atom stereocenters. The van der Waals surface area contributed by atoms with Crippen LogP contribution in [0.4, 0.5) is 5.69 Å². The van der Waals surface area contributed by atoms with E-state index in [2.05, 4.69) is 55.7 Å². The van der Waals surface area contributed by atoms with Gasteiger partial charge in [-0.05, 0) is 97.6 Å². The maximum atomic E-state index is 13.8. The smallest absolute Gasteiger partial charge is 0.266 e. The van der Waals surface area contributed by atoms with Gasteiger partial charge in [0, 0.05) is 18.2 Å². The van der Waals surface area contributed by atoms with Crippen LogP contribution in [0.15, 0.2) is 48.5 Å². The summed E-state index contributed by atoms with van der Waals surface area (Å²) in [5, 5.41) is 5.77. The van der Waals surface area contributed by atoms with Gasteiger partial charge in [-0.2, -0.15) is 8.42 Å². The maximum absolute atomic E-state index is 13.8. The second kappa shape index (κ2) is 15.4. The Morgan fingerprint density at radius 2 is 1.52 bits per heavy atom. The number of amides is 2. The molecule has 1 unspecified atom stereocenters. The molecule has 0 radical (unpaired) electrons. The predicted molar refractivity (Wildman–Crippen MR) is 175 cm³/mol. The van der Waals surface area contributed by atoms with Crippen LogP contribution >= 0.6 is 0 Å². The normalized spacial score (nSPS) is 20.5. The molecule has 3 N–H and O–H groups in total. The van der Waals surface area contributed by atoms with Gasteiger partial charge in [0.2, 0.25) is 11.8 Å². The van der Waals surface area contributed by atoms with E-state index < -0.39 is 15.9 Å². The first-order chi connectivity index (χ1) is 20.9. The molecule has 4 rings (SSSR count). The van der Waals surface area contributed by atoms with Crippen molar-refractivity contribution >= 4 is 27.6 Å². The lowest BCUT2D eigenvalue weighted by molar-refractivity contribution is -0.126. The average molecular weight is 627 g/mol. The molecule has 2 aliphatic carbocycles. The van der Waals surface area contributed by atoms with E-state index in [0.29, 0.717) is 25.2 Å². The molecule has 2 aromatic carbocycles. The molecule has 44 heavy (non-hydrogen) atoms. The second-order valence-corrected chi connectivity index (χ2v) is 15.4. The molecule has 0 aromatic heterocycles. The van der Waals surface area contributed by atoms with Crippen LogP contribution in [-0.2, 0) is 25.1 Å². The predicted octanol–water partition coefficient (Wildman–Crippen LogP) is 6.87. The van der Waals surface area contributed by atoms with Crippen molar-refractivity contribution in [2.24, 2.45) is 17.8 Å². The summed E-state index contributed by atoms with van der Waals surface area (Å²) >= 11 is 0. The Balaban J connectivity index is 1.37. The molecule has 2 fully saturated rings. The van der Waals surface area contributed by atoms with Gasteiger partial charge in [-0.25, -0.2) is 0 Å². The van der Waals surface area contributed by atoms with Crippen molar-refractivity contribution in [3.8, 4) is 5.75 Å². The number of hydrogen-bond donors (Lipinski definition) is 3. The first kappa shape index (κ1) is 34.0. The highest BCUT2D eigenvalue weighted by molar-refractivity contribution is 7.85. The van der Waals surface area contributed by atoms with E-state index in [9.17, 15) is 18.0 Å². The molecule has 9 heteroatoms. The van der Waals surface area contributed by atoms with Crippen molar-refractivity contribution in [1.29, 1.82) is 0 Å². The topological polar surface area (TPSA) is 122 Å². The quantitative estimate of drug-likeness (QED) is 0.221. The zero-order valence-electron chi connectivity index (χ0n) is 26.5. The Hall–Kier alpha value is -2.91. The number of hydrogen-bond acceptors (Lipinski definition) is 5. The fourth-order valence-corrected chi connectivity index (χ4v) is 6.84. The molecular formula is C35H50N2O6S. The fraction of sp³-hybridized carbons (Fsp3) is 0.600. The third-order valence-electron chi connectivity index (χ3n) is 9.27. The van der Waals surface area contributed by atoms with Gasteiger partial charge < -0.3 is 15.4 Å². The van der Waals surface area contributed by atoms with Crippen LogP contribution in [0.5, 0.6) is 5.75 Å². The molecule has 2 saturated carbocycles. The highest BCUT2D eigenvalue weighted by Crippen LogP contribution is 2.37. The molecule has 8 nitrogen and oxygen atoms in total. The molecule has 0 bridgehead atoms. The van der Waals surface area contributed by atoms with Crippen LogP contribution in [0.25, 0.3) is 0 Å². The van der Waals surface area contributed by atoms with E-state index >= 15 is 0 Å². The largest absolute Gasteiger partial charge is 0.493 e. The summed E-state index contributed by atoms with van der Waals surface area (Å²) < 4.78 is 36.9. The summed E-state index contributed by atoms with van der Waals surface area (Å²) in [6.45, 7) is 7.16. The molecule has 242 valence electrons. The minimum absolute atomic E-state index is 0.0113. The van der Waals surface area contributed by atoms with Gasteiger partial charge in [-0.15, -0.1) is 0 Å². The van der Waals surface area contributed by atoms with Crippen LogP contribution in [0.3, 0.4) is 0 Å². The Morgan fingerprint density at radius 1 is 0.886 bits per heavy atom. The Labute approximate surface area is 263 Å². The highest BCUT2D eigenvalue weighted by atomic mass is 32.2. The Bertz CT molecular complexity index is 1320. The molecule has 0 saturated heterocycles. The summed E-state index contributed by atoms with van der Waals surface area (Å²) in [6, 6.07) is 16.0. The lowest BCUT2D eigenvalue weighted by atomic mass is 9.76. The number of benzene rings is 2. The lowest BCUT2D eigenvalue weighted by Gasteiger charge is -2.30. The van der Waals surface area contributed by atoms with Crippen molar-refractivity contribution in [1.82, 2.24) is 5.32 Å². The minimum Gasteiger partial charge on any atom is -0.493 e. The Kier molecular flexibility index (Phi) is 11.9. The minimum atomic E-state index is -4.11. The maximum Gasteiger partial charge on any atom is 0.266 e. The first-order valence-electron chi connectivity index (χ1n) is 16.2. The van der Waals surface area contributed by atoms with Crippen LogP contribution in [0, 0.1) is 17.8 Å². The summed E-state index contributed by atoms with van der Waals surface area (Å²) in [6.07, 6.45) is 10.0. The van der Waals surface area contributed by atoms with Crippen LogP contribution in [0.1, 0.15) is 102 Å². The summed E-state index contributed by atoms with van der Waals surface area (Å²) in [7, 11) is -4.11. The summed E-state index contributed by atoms with van der Waals surface area (Å²) in [5.74, 6) is 0.492. The van der Waals surface area contributed by atoms with E-state index in [-0.39, 0.29) is 41.5 Å². The van der Waals surface area contributed by atoms with Gasteiger partial charge in [0.15, 0.2) is 0 Å².